The first-order chi connectivity index (χ1) is 0. The maximum Gasteiger partial charge on any atom is 2.00 e. The first-order valence-corrected chi connectivity index (χ1v) is 0. The second kappa shape index (κ2) is 22.7. The molecule has 0 heterocycles. The van der Waals surface area contributed by atoms with Crippen molar-refractivity contribution in [3.63, 3.8) is 0 Å². The van der Waals surface area contributed by atoms with Crippen LogP contribution in [0.25, 0.3) is 0 Å². The van der Waals surface area contributed by atoms with E-state index in [1.54, 1.807) is 0 Å². The van der Waals surface area contributed by atoms with E-state index in [1.807, 2.05) is 0 Å². The summed E-state index contributed by atoms with van der Waals surface area (Å²) in [5.74, 6) is 0. The van der Waals surface area contributed by atoms with Gasteiger partial charge in [0.1, 0.15) is 0 Å². The fraction of sp³-hybridized carbons (Fsp3) is 0. The molecule has 0 fully saturated rings. The monoisotopic (exact) mass is 226 g/mol. The van der Waals surface area contributed by atoms with E-state index in [0.717, 1.165) is 0 Å². The third-order valence-corrected chi connectivity index (χ3v) is 0. The van der Waals surface area contributed by atoms with Crippen LogP contribution in [0.15, 0.2) is 0 Å². The molecule has 0 aromatic carbocycles. The summed E-state index contributed by atoms with van der Waals surface area (Å²) in [7, 11) is 0. The van der Waals surface area contributed by atoms with Crippen LogP contribution < -0.4 is 21.7 Å². The smallest absolute Gasteiger partial charge is 1.00 e. The van der Waals surface area contributed by atoms with Crippen molar-refractivity contribution in [1.29, 1.82) is 0 Å². The van der Waals surface area contributed by atoms with Crippen LogP contribution in [0.3, 0.4) is 0 Å². The van der Waals surface area contributed by atoms with Gasteiger partial charge in [0, 0.05) is 0 Å². The normalized spacial score (nSPS) is 0. The van der Waals surface area contributed by atoms with Gasteiger partial charge in [0.2, 0.25) is 0 Å². The first kappa shape index (κ1) is 44.7. The first-order valence-electron chi connectivity index (χ1n) is 0. The average Bonchev–Trinajstić information content (AvgIpc) is 0. The Kier molecular flexibility index (Phi) is 253. The predicted molar refractivity (Wildman–Crippen MR) is 0 cm³/mol. The molecule has 0 atom stereocenters. The maximum atomic E-state index is 0. The molecule has 4 heavy (non-hydrogen) atoms. The second-order valence-electron chi connectivity index (χ2n) is 0. The SMILES string of the molecule is [Br-].[F-].[Zn+2].[Zn+2]. The largest absolute Gasteiger partial charge is 2.00 e. The topological polar surface area (TPSA) is 0 Å². The van der Waals surface area contributed by atoms with Gasteiger partial charge in [0.05, 0.1) is 0 Å². The number of rotatable bonds is 0. The molecule has 0 unspecified atom stereocenters. The molecule has 0 rings (SSSR count). The molecule has 0 aromatic rings. The van der Waals surface area contributed by atoms with Gasteiger partial charge < -0.3 is 21.7 Å². The molecule has 0 aliphatic carbocycles. The van der Waals surface area contributed by atoms with E-state index in [-0.39, 0.29) is 60.6 Å². The van der Waals surface area contributed by atoms with Crippen molar-refractivity contribution in [2.45, 2.75) is 0 Å². The average molecular weight is 230 g/mol. The Hall–Kier alpha value is 1.66. The third-order valence-electron chi connectivity index (χ3n) is 0. The zero-order valence-corrected chi connectivity index (χ0v) is 9.69. The molecule has 0 aliphatic heterocycles. The zero-order chi connectivity index (χ0) is 0. The van der Waals surface area contributed by atoms with Crippen LogP contribution in [0.2, 0.25) is 0 Å². The van der Waals surface area contributed by atoms with Gasteiger partial charge in [-0.15, -0.1) is 0 Å². The van der Waals surface area contributed by atoms with E-state index >= 15 is 0 Å². The van der Waals surface area contributed by atoms with Gasteiger partial charge >= 0.3 is 39.0 Å². The van der Waals surface area contributed by atoms with Crippen LogP contribution in [0.1, 0.15) is 0 Å². The van der Waals surface area contributed by atoms with Crippen LogP contribution in [0.4, 0.5) is 0 Å². The van der Waals surface area contributed by atoms with Crippen LogP contribution in [-0.2, 0) is 39.0 Å². The molecule has 0 radical (unpaired) electrons. The summed E-state index contributed by atoms with van der Waals surface area (Å²) in [6, 6.07) is 0. The van der Waals surface area contributed by atoms with Crippen molar-refractivity contribution in [2.75, 3.05) is 0 Å². The molecule has 0 bridgehead atoms. The van der Waals surface area contributed by atoms with Gasteiger partial charge in [-0.3, -0.25) is 0 Å². The molecule has 0 N–H and O–H groups in total. The van der Waals surface area contributed by atoms with E-state index < -0.39 is 0 Å². The molecular weight excluding hydrogens is 230 g/mol. The minimum absolute atomic E-state index is 0. The van der Waals surface area contributed by atoms with Crippen LogP contribution in [-0.4, -0.2) is 0 Å². The number of hydrogen-bond acceptors (Lipinski definition) is 0. The summed E-state index contributed by atoms with van der Waals surface area (Å²) < 4.78 is 0. The second-order valence-corrected chi connectivity index (χ2v) is 0. The van der Waals surface area contributed by atoms with Crippen molar-refractivity contribution in [1.82, 2.24) is 0 Å². The minimum atomic E-state index is 0. The summed E-state index contributed by atoms with van der Waals surface area (Å²) in [6.45, 7) is 0. The Labute approximate surface area is 60.4 Å². The van der Waals surface area contributed by atoms with Crippen LogP contribution in [0, 0.1) is 0 Å². The number of hydrogen-bond donors (Lipinski definition) is 0. The van der Waals surface area contributed by atoms with E-state index in [9.17, 15) is 0 Å². The fourth-order valence-corrected chi connectivity index (χ4v) is 0. The molecular formula is BrFZn2+2. The summed E-state index contributed by atoms with van der Waals surface area (Å²) in [5, 5.41) is 0. The third kappa shape index (κ3) is 9.40. The molecule has 0 spiro atoms. The van der Waals surface area contributed by atoms with Gasteiger partial charge in [0.25, 0.3) is 0 Å². The molecule has 4 heteroatoms. The van der Waals surface area contributed by atoms with Crippen molar-refractivity contribution < 1.29 is 60.6 Å². The van der Waals surface area contributed by atoms with Gasteiger partial charge in [-0.25, -0.2) is 0 Å². The molecule has 0 saturated heterocycles. The molecule has 16 valence electrons. The zero-order valence-electron chi connectivity index (χ0n) is 2.17. The van der Waals surface area contributed by atoms with E-state index in [4.69, 9.17) is 0 Å². The van der Waals surface area contributed by atoms with E-state index in [0.29, 0.717) is 0 Å². The standard InChI is InChI=1S/BrH.FH.2Zn/h2*1H;;/q;;2*+2/p-2. The van der Waals surface area contributed by atoms with E-state index in [2.05, 4.69) is 0 Å². The van der Waals surface area contributed by atoms with Crippen molar-refractivity contribution >= 4 is 0 Å². The Bertz CT molecular complexity index is 6.00. The summed E-state index contributed by atoms with van der Waals surface area (Å²) in [5.41, 5.74) is 0. The number of halogens is 2. The van der Waals surface area contributed by atoms with Crippen molar-refractivity contribution in [2.24, 2.45) is 0 Å². The van der Waals surface area contributed by atoms with Crippen molar-refractivity contribution in [3.8, 4) is 0 Å². The molecule has 0 nitrogen and oxygen atoms in total. The Balaban J connectivity index is 0. The maximum absolute atomic E-state index is 0. The molecule has 0 saturated carbocycles. The fourth-order valence-electron chi connectivity index (χ4n) is 0. The minimum Gasteiger partial charge on any atom is -1.00 e. The van der Waals surface area contributed by atoms with Crippen molar-refractivity contribution in [3.05, 3.63) is 0 Å². The predicted octanol–water partition coefficient (Wildman–Crippen LogP) is -6.00. The summed E-state index contributed by atoms with van der Waals surface area (Å²) in [4.78, 5) is 0. The van der Waals surface area contributed by atoms with Crippen LogP contribution >= 0.6 is 0 Å². The Morgan fingerprint density at radius 2 is 0.750 bits per heavy atom. The Morgan fingerprint density at radius 1 is 0.750 bits per heavy atom. The Morgan fingerprint density at radius 3 is 0.750 bits per heavy atom. The van der Waals surface area contributed by atoms with Gasteiger partial charge in [-0.05, 0) is 0 Å². The summed E-state index contributed by atoms with van der Waals surface area (Å²) in [6.07, 6.45) is 0. The quantitative estimate of drug-likeness (QED) is 0.363. The van der Waals surface area contributed by atoms with Gasteiger partial charge in [-0.1, -0.05) is 0 Å². The summed E-state index contributed by atoms with van der Waals surface area (Å²) >= 11 is 0. The van der Waals surface area contributed by atoms with Crippen LogP contribution in [0.5, 0.6) is 0 Å². The molecule has 0 amide bonds. The van der Waals surface area contributed by atoms with Gasteiger partial charge in [0.15, 0.2) is 0 Å². The van der Waals surface area contributed by atoms with Gasteiger partial charge in [-0.2, -0.15) is 0 Å². The molecule has 0 aliphatic rings. The van der Waals surface area contributed by atoms with E-state index in [1.165, 1.54) is 0 Å². The molecule has 0 aromatic heterocycles.